The number of morpholine rings is 1. The molecular weight excluding hydrogens is 272 g/mol. The van der Waals surface area contributed by atoms with Gasteiger partial charge in [0.25, 0.3) is 0 Å². The Bertz CT molecular complexity index is 495. The summed E-state index contributed by atoms with van der Waals surface area (Å²) in [4.78, 5) is 15.6. The van der Waals surface area contributed by atoms with E-state index in [1.165, 1.54) is 10.5 Å². The van der Waals surface area contributed by atoms with Gasteiger partial charge < -0.3 is 15.0 Å². The Kier molecular flexibility index (Phi) is 4.17. The monoisotopic (exact) mass is 292 g/mol. The minimum atomic E-state index is 0.0347. The lowest BCUT2D eigenvalue weighted by Crippen LogP contribution is -2.52. The van der Waals surface area contributed by atoms with E-state index in [1.54, 1.807) is 0 Å². The molecular formula is C15H20N2O2S. The maximum atomic E-state index is 12.4. The van der Waals surface area contributed by atoms with Gasteiger partial charge in [0.1, 0.15) is 0 Å². The number of hydrogen-bond acceptors (Lipinski definition) is 3. The van der Waals surface area contributed by atoms with Crippen LogP contribution in [0.1, 0.15) is 24.9 Å². The quantitative estimate of drug-likeness (QED) is 0.865. The number of nitrogens with zero attached hydrogens (tertiary/aromatic N) is 1. The topological polar surface area (TPSA) is 41.6 Å². The Balaban J connectivity index is 1.70. The van der Waals surface area contributed by atoms with Crippen molar-refractivity contribution in [3.8, 4) is 0 Å². The number of rotatable bonds is 1. The minimum absolute atomic E-state index is 0.0347. The van der Waals surface area contributed by atoms with Crippen molar-refractivity contribution < 1.29 is 9.53 Å². The van der Waals surface area contributed by atoms with E-state index in [-0.39, 0.29) is 18.1 Å². The van der Waals surface area contributed by atoms with Crippen LogP contribution in [0.2, 0.25) is 0 Å². The summed E-state index contributed by atoms with van der Waals surface area (Å²) in [6, 6.07) is 8.67. The van der Waals surface area contributed by atoms with Gasteiger partial charge in [0.15, 0.2) is 0 Å². The van der Waals surface area contributed by atoms with Crippen molar-refractivity contribution in [2.24, 2.45) is 0 Å². The van der Waals surface area contributed by atoms with Crippen molar-refractivity contribution >= 4 is 17.8 Å². The van der Waals surface area contributed by atoms with Crippen LogP contribution in [0.15, 0.2) is 29.2 Å². The van der Waals surface area contributed by atoms with E-state index in [0.717, 1.165) is 12.2 Å². The van der Waals surface area contributed by atoms with Crippen LogP contribution in [0.25, 0.3) is 0 Å². The normalized spacial score (nSPS) is 25.9. The van der Waals surface area contributed by atoms with Gasteiger partial charge in [-0.2, -0.15) is 0 Å². The number of carbonyl (C=O) groups is 1. The molecule has 0 spiro atoms. The van der Waals surface area contributed by atoms with Crippen molar-refractivity contribution in [3.63, 3.8) is 0 Å². The highest BCUT2D eigenvalue weighted by Crippen LogP contribution is 2.35. The zero-order valence-electron chi connectivity index (χ0n) is 11.7. The van der Waals surface area contributed by atoms with Gasteiger partial charge in [-0.05, 0) is 25.0 Å². The molecule has 1 fully saturated rings. The van der Waals surface area contributed by atoms with Gasteiger partial charge in [0.2, 0.25) is 0 Å². The lowest BCUT2D eigenvalue weighted by molar-refractivity contribution is 0.0183. The number of amides is 2. The second-order valence-electron chi connectivity index (χ2n) is 5.29. The number of fused-ring (bicyclic) bond motifs is 1. The van der Waals surface area contributed by atoms with Crippen molar-refractivity contribution in [1.29, 1.82) is 0 Å². The van der Waals surface area contributed by atoms with Crippen LogP contribution in [0.5, 0.6) is 0 Å². The molecule has 0 aliphatic carbocycles. The van der Waals surface area contributed by atoms with Crippen LogP contribution in [-0.4, -0.2) is 42.5 Å². The number of thioether (sulfide) groups is 1. The minimum Gasteiger partial charge on any atom is -0.377 e. The smallest absolute Gasteiger partial charge is 0.318 e. The van der Waals surface area contributed by atoms with Crippen molar-refractivity contribution in [2.45, 2.75) is 30.3 Å². The number of ether oxygens (including phenoxy) is 1. The number of hydrogen-bond donors (Lipinski definition) is 1. The third-order valence-electron chi connectivity index (χ3n) is 3.88. The molecule has 2 aliphatic heterocycles. The summed E-state index contributed by atoms with van der Waals surface area (Å²) >= 11 is 1.87. The van der Waals surface area contributed by atoms with E-state index in [4.69, 9.17) is 4.74 Å². The molecule has 4 nitrogen and oxygen atoms in total. The highest BCUT2D eigenvalue weighted by atomic mass is 32.2. The molecule has 1 aromatic rings. The lowest BCUT2D eigenvalue weighted by atomic mass is 10.0. The number of benzene rings is 1. The van der Waals surface area contributed by atoms with Crippen molar-refractivity contribution in [1.82, 2.24) is 10.2 Å². The van der Waals surface area contributed by atoms with Crippen LogP contribution in [0, 0.1) is 0 Å². The van der Waals surface area contributed by atoms with E-state index >= 15 is 0 Å². The maximum absolute atomic E-state index is 12.4. The molecule has 0 saturated carbocycles. The molecule has 0 bridgehead atoms. The standard InChI is InChI=1S/C15H20N2O2S/c1-11-10-19-8-7-17(11)15(18)16-13-6-9-20-14-5-3-2-4-12(13)14/h2-5,11,13H,6-10H2,1H3,(H,16,18)/t11-,13-/m1/s1. The first kappa shape index (κ1) is 13.8. The summed E-state index contributed by atoms with van der Waals surface area (Å²) in [6.45, 7) is 3.97. The van der Waals surface area contributed by atoms with E-state index in [1.807, 2.05) is 29.7 Å². The molecule has 20 heavy (non-hydrogen) atoms. The summed E-state index contributed by atoms with van der Waals surface area (Å²) in [7, 11) is 0. The van der Waals surface area contributed by atoms with Gasteiger partial charge >= 0.3 is 6.03 Å². The SMILES string of the molecule is C[C@@H]1COCCN1C(=O)N[C@@H]1CCSc2ccccc21. The molecule has 5 heteroatoms. The fourth-order valence-electron chi connectivity index (χ4n) is 2.75. The summed E-state index contributed by atoms with van der Waals surface area (Å²) < 4.78 is 5.38. The van der Waals surface area contributed by atoms with Gasteiger partial charge in [-0.1, -0.05) is 18.2 Å². The van der Waals surface area contributed by atoms with Gasteiger partial charge in [0.05, 0.1) is 25.3 Å². The van der Waals surface area contributed by atoms with Crippen LogP contribution in [-0.2, 0) is 4.74 Å². The summed E-state index contributed by atoms with van der Waals surface area (Å²) in [5.41, 5.74) is 1.25. The molecule has 2 amide bonds. The maximum Gasteiger partial charge on any atom is 0.318 e. The number of nitrogens with one attached hydrogen (secondary N) is 1. The molecule has 1 saturated heterocycles. The average molecular weight is 292 g/mol. The second kappa shape index (κ2) is 6.06. The fourth-order valence-corrected chi connectivity index (χ4v) is 3.88. The van der Waals surface area contributed by atoms with Crippen LogP contribution >= 0.6 is 11.8 Å². The molecule has 1 aromatic carbocycles. The molecule has 0 aromatic heterocycles. The van der Waals surface area contributed by atoms with Gasteiger partial charge in [-0.3, -0.25) is 0 Å². The fraction of sp³-hybridized carbons (Fsp3) is 0.533. The van der Waals surface area contributed by atoms with Crippen LogP contribution in [0.4, 0.5) is 4.79 Å². The van der Waals surface area contributed by atoms with E-state index in [9.17, 15) is 4.79 Å². The first-order valence-corrected chi connectivity index (χ1v) is 8.11. The second-order valence-corrected chi connectivity index (χ2v) is 6.43. The molecule has 2 atom stereocenters. The molecule has 0 unspecified atom stereocenters. The van der Waals surface area contributed by atoms with Gasteiger partial charge in [-0.15, -0.1) is 11.8 Å². The predicted molar refractivity (Wildman–Crippen MR) is 80.0 cm³/mol. The van der Waals surface area contributed by atoms with Gasteiger partial charge in [0, 0.05) is 17.2 Å². The predicted octanol–water partition coefficient (Wildman–Crippen LogP) is 2.65. The highest BCUT2D eigenvalue weighted by molar-refractivity contribution is 7.99. The summed E-state index contributed by atoms with van der Waals surface area (Å²) in [5.74, 6) is 1.06. The third kappa shape index (κ3) is 2.79. The van der Waals surface area contributed by atoms with Crippen LogP contribution < -0.4 is 5.32 Å². The zero-order valence-corrected chi connectivity index (χ0v) is 12.5. The van der Waals surface area contributed by atoms with Gasteiger partial charge in [-0.25, -0.2) is 4.79 Å². The number of urea groups is 1. The average Bonchev–Trinajstić information content (AvgIpc) is 2.48. The lowest BCUT2D eigenvalue weighted by Gasteiger charge is -2.35. The Morgan fingerprint density at radius 3 is 3.15 bits per heavy atom. The molecule has 108 valence electrons. The third-order valence-corrected chi connectivity index (χ3v) is 5.01. The molecule has 0 radical (unpaired) electrons. The van der Waals surface area contributed by atoms with E-state index in [2.05, 4.69) is 23.5 Å². The first-order valence-electron chi connectivity index (χ1n) is 7.12. The Labute approximate surface area is 123 Å². The Hall–Kier alpha value is -1.20. The van der Waals surface area contributed by atoms with E-state index in [0.29, 0.717) is 19.8 Å². The van der Waals surface area contributed by atoms with E-state index < -0.39 is 0 Å². The summed E-state index contributed by atoms with van der Waals surface area (Å²) in [5, 5.41) is 3.19. The molecule has 2 aliphatic rings. The Morgan fingerprint density at radius 2 is 2.30 bits per heavy atom. The largest absolute Gasteiger partial charge is 0.377 e. The molecule has 3 rings (SSSR count). The Morgan fingerprint density at radius 1 is 1.45 bits per heavy atom. The van der Waals surface area contributed by atoms with Crippen molar-refractivity contribution in [2.75, 3.05) is 25.5 Å². The van der Waals surface area contributed by atoms with Crippen LogP contribution in [0.3, 0.4) is 0 Å². The first-order chi connectivity index (χ1) is 9.75. The summed E-state index contributed by atoms with van der Waals surface area (Å²) in [6.07, 6.45) is 0.992. The number of carbonyl (C=O) groups excluding carboxylic acids is 1. The molecule has 1 N–H and O–H groups in total. The highest BCUT2D eigenvalue weighted by Gasteiger charge is 2.27. The molecule has 2 heterocycles. The van der Waals surface area contributed by atoms with Crippen molar-refractivity contribution in [3.05, 3.63) is 29.8 Å². The zero-order chi connectivity index (χ0) is 13.9.